The molecule has 0 aliphatic carbocycles. The first-order valence-electron chi connectivity index (χ1n) is 7.82. The molecule has 0 bridgehead atoms. The fraction of sp³-hybridized carbons (Fsp3) is 0.125. The highest BCUT2D eigenvalue weighted by Gasteiger charge is 2.28. The first-order valence-corrected chi connectivity index (χ1v) is 7.82. The van der Waals surface area contributed by atoms with Gasteiger partial charge in [-0.3, -0.25) is 40.5 Å². The van der Waals surface area contributed by atoms with Crippen LogP contribution in [0.5, 0.6) is 0 Å². The largest absolute Gasteiger partial charge is 0.392 e. The number of hydrogen-bond acceptors (Lipinski definition) is 11. The summed E-state index contributed by atoms with van der Waals surface area (Å²) in [6.45, 7) is 2.49. The summed E-state index contributed by atoms with van der Waals surface area (Å²) in [7, 11) is 0. The summed E-state index contributed by atoms with van der Waals surface area (Å²) in [5.41, 5.74) is 2.53. The van der Waals surface area contributed by atoms with Gasteiger partial charge in [-0.1, -0.05) is 0 Å². The van der Waals surface area contributed by atoms with Crippen molar-refractivity contribution < 1.29 is 19.7 Å². The Morgan fingerprint density at radius 1 is 0.742 bits per heavy atom. The normalized spacial score (nSPS) is 9.42. The quantitative estimate of drug-likeness (QED) is 0.420. The molecule has 0 fully saturated rings. The van der Waals surface area contributed by atoms with Crippen molar-refractivity contribution in [1.82, 2.24) is 0 Å². The summed E-state index contributed by atoms with van der Waals surface area (Å²) < 4.78 is 0. The van der Waals surface area contributed by atoms with Gasteiger partial charge in [0.2, 0.25) is 0 Å². The van der Waals surface area contributed by atoms with E-state index in [-0.39, 0.29) is 27.9 Å². The van der Waals surface area contributed by atoms with Crippen LogP contribution in [0.25, 0.3) is 0 Å². The second-order valence-electron chi connectivity index (χ2n) is 5.72. The van der Waals surface area contributed by atoms with Crippen LogP contribution in [0, 0.1) is 77.0 Å². The Morgan fingerprint density at radius 2 is 1.16 bits per heavy atom. The molecule has 0 amide bonds. The summed E-state index contributed by atoms with van der Waals surface area (Å²) in [6, 6.07) is 6.18. The number of nitro groups is 4. The topological polar surface area (TPSA) is 246 Å². The van der Waals surface area contributed by atoms with E-state index in [4.69, 9.17) is 16.3 Å². The molecule has 15 nitrogen and oxygen atoms in total. The summed E-state index contributed by atoms with van der Waals surface area (Å²) in [5.74, 6) is 0. The molecule has 0 aliphatic heterocycles. The van der Waals surface area contributed by atoms with Gasteiger partial charge in [0.25, 0.3) is 17.1 Å². The molecule has 2 aromatic carbocycles. The highest BCUT2D eigenvalue weighted by atomic mass is 16.6. The Labute approximate surface area is 172 Å². The molecule has 158 valence electrons. The van der Waals surface area contributed by atoms with Gasteiger partial charge in [-0.25, -0.2) is 0 Å². The summed E-state index contributed by atoms with van der Waals surface area (Å²) in [4.78, 5) is 39.2. The number of nitrogens with zero attached hydrogens (tertiary/aromatic N) is 6. The van der Waals surface area contributed by atoms with Crippen molar-refractivity contribution in [3.05, 3.63) is 80.9 Å². The lowest BCUT2D eigenvalue weighted by atomic mass is 10.1. The van der Waals surface area contributed by atoms with Gasteiger partial charge in [0.15, 0.2) is 0 Å². The van der Waals surface area contributed by atoms with Gasteiger partial charge in [-0.2, -0.15) is 10.5 Å². The van der Waals surface area contributed by atoms with E-state index in [0.717, 1.165) is 18.2 Å². The molecule has 15 heteroatoms. The molecule has 0 atom stereocenters. The Hall–Kier alpha value is -5.18. The Bertz CT molecular complexity index is 1170. The minimum absolute atomic E-state index is 0.0519. The number of nitro benzene ring substituents is 4. The average molecular weight is 429 g/mol. The predicted molar refractivity (Wildman–Crippen MR) is 103 cm³/mol. The van der Waals surface area contributed by atoms with Crippen LogP contribution in [0.3, 0.4) is 0 Å². The summed E-state index contributed by atoms with van der Waals surface area (Å²) in [5, 5.41) is 59.6. The third kappa shape index (κ3) is 5.00. The van der Waals surface area contributed by atoms with Crippen molar-refractivity contribution in [2.24, 2.45) is 0 Å². The van der Waals surface area contributed by atoms with E-state index < -0.39 is 42.4 Å². The zero-order chi connectivity index (χ0) is 24.0. The van der Waals surface area contributed by atoms with Crippen LogP contribution < -0.4 is 5.73 Å². The number of nitrogens with two attached hydrogens (primary N) is 1. The first kappa shape index (κ1) is 23.9. The van der Waals surface area contributed by atoms with E-state index in [0.29, 0.717) is 0 Å². The Morgan fingerprint density at radius 3 is 1.48 bits per heavy atom. The van der Waals surface area contributed by atoms with Crippen molar-refractivity contribution in [2.45, 2.75) is 13.8 Å². The van der Waals surface area contributed by atoms with Crippen LogP contribution in [0.1, 0.15) is 22.3 Å². The molecule has 0 unspecified atom stereocenters. The van der Waals surface area contributed by atoms with Crippen molar-refractivity contribution in [3.8, 4) is 12.1 Å². The molecule has 0 saturated heterocycles. The molecule has 2 N–H and O–H groups in total. The van der Waals surface area contributed by atoms with Crippen LogP contribution in [0.2, 0.25) is 0 Å². The highest BCUT2D eigenvalue weighted by molar-refractivity contribution is 5.75. The Kier molecular flexibility index (Phi) is 7.19. The number of benzene rings is 2. The highest BCUT2D eigenvalue weighted by Crippen LogP contribution is 2.35. The molecule has 0 radical (unpaired) electrons. The second kappa shape index (κ2) is 9.34. The van der Waals surface area contributed by atoms with Gasteiger partial charge in [0, 0.05) is 18.2 Å². The zero-order valence-corrected chi connectivity index (χ0v) is 15.8. The van der Waals surface area contributed by atoms with Gasteiger partial charge in [-0.15, -0.1) is 0 Å². The molecule has 2 aromatic rings. The number of rotatable bonds is 4. The van der Waals surface area contributed by atoms with Gasteiger partial charge in [0.1, 0.15) is 22.9 Å². The molecule has 0 aromatic heterocycles. The minimum Gasteiger partial charge on any atom is -0.392 e. The molecule has 0 spiro atoms. The molecule has 31 heavy (non-hydrogen) atoms. The van der Waals surface area contributed by atoms with E-state index in [9.17, 15) is 40.5 Å². The lowest BCUT2D eigenvalue weighted by Gasteiger charge is -2.03. The van der Waals surface area contributed by atoms with Crippen LogP contribution in [-0.4, -0.2) is 19.7 Å². The van der Waals surface area contributed by atoms with Crippen molar-refractivity contribution in [1.29, 1.82) is 10.5 Å². The lowest BCUT2D eigenvalue weighted by Crippen LogP contribution is -2.04. The van der Waals surface area contributed by atoms with Gasteiger partial charge in [0.05, 0.1) is 36.9 Å². The lowest BCUT2D eigenvalue weighted by molar-refractivity contribution is -0.395. The van der Waals surface area contributed by atoms with Crippen LogP contribution in [0.4, 0.5) is 28.4 Å². The van der Waals surface area contributed by atoms with Crippen LogP contribution in [0.15, 0.2) is 18.2 Å². The van der Waals surface area contributed by atoms with Gasteiger partial charge >= 0.3 is 5.69 Å². The standard InChI is InChI=1S/C8H6N4O4.C8H5N3O4/c1-4-6(11(13)14)2-5(3-9)7(10)8(4)12(15)16;1-5-7(10(12)13)2-6(4-9)3-8(5)11(14)15/h2H,10H2,1H3;2-3H,1H3. The average Bonchev–Trinajstić information content (AvgIpc) is 2.67. The molecular formula is C16H11N7O8. The maximum absolute atomic E-state index is 10.7. The van der Waals surface area contributed by atoms with Crippen LogP contribution in [-0.2, 0) is 0 Å². The van der Waals surface area contributed by atoms with Crippen molar-refractivity contribution in [2.75, 3.05) is 5.73 Å². The zero-order valence-electron chi connectivity index (χ0n) is 15.8. The number of nitriles is 2. The van der Waals surface area contributed by atoms with Gasteiger partial charge < -0.3 is 5.73 Å². The molecule has 0 saturated carbocycles. The minimum atomic E-state index is -0.835. The maximum atomic E-state index is 10.7. The summed E-state index contributed by atoms with van der Waals surface area (Å²) >= 11 is 0. The van der Waals surface area contributed by atoms with Crippen molar-refractivity contribution >= 4 is 28.4 Å². The Balaban J connectivity index is 0.000000311. The predicted octanol–water partition coefficient (Wildman–Crippen LogP) is 2.95. The van der Waals surface area contributed by atoms with Crippen molar-refractivity contribution in [3.63, 3.8) is 0 Å². The summed E-state index contributed by atoms with van der Waals surface area (Å²) in [6.07, 6.45) is 0. The number of hydrogen-bond donors (Lipinski definition) is 1. The van der Waals surface area contributed by atoms with E-state index in [1.54, 1.807) is 12.1 Å². The van der Waals surface area contributed by atoms with Gasteiger partial charge in [-0.05, 0) is 13.8 Å². The maximum Gasteiger partial charge on any atom is 0.303 e. The van der Waals surface area contributed by atoms with E-state index in [1.165, 1.54) is 13.8 Å². The molecule has 0 aliphatic rings. The second-order valence-corrected chi connectivity index (χ2v) is 5.72. The third-order valence-electron chi connectivity index (χ3n) is 3.94. The fourth-order valence-electron chi connectivity index (χ4n) is 2.42. The smallest absolute Gasteiger partial charge is 0.303 e. The first-order chi connectivity index (χ1) is 14.4. The van der Waals surface area contributed by atoms with E-state index in [2.05, 4.69) is 0 Å². The molecule has 0 heterocycles. The molecular weight excluding hydrogens is 418 g/mol. The van der Waals surface area contributed by atoms with E-state index >= 15 is 0 Å². The number of anilines is 1. The fourth-order valence-corrected chi connectivity index (χ4v) is 2.42. The molecule has 2 rings (SSSR count). The van der Waals surface area contributed by atoms with Crippen LogP contribution >= 0.6 is 0 Å². The monoisotopic (exact) mass is 429 g/mol. The SMILES string of the molecule is Cc1c([N+](=O)[O-])cc(C#N)c(N)c1[N+](=O)[O-].Cc1c([N+](=O)[O-])cc(C#N)cc1[N+](=O)[O-]. The van der Waals surface area contributed by atoms with E-state index in [1.807, 2.05) is 0 Å². The third-order valence-corrected chi connectivity index (χ3v) is 3.94. The number of nitrogen functional groups attached to an aromatic ring is 1.